The molecule has 2 unspecified atom stereocenters. The highest BCUT2D eigenvalue weighted by Gasteiger charge is 2.51. The number of hydrazine groups is 1. The molecule has 0 aromatic carbocycles. The molecule has 184 valence electrons. The van der Waals surface area contributed by atoms with Crippen molar-refractivity contribution in [3.05, 3.63) is 23.9 Å². The fourth-order valence-electron chi connectivity index (χ4n) is 3.98. The quantitative estimate of drug-likeness (QED) is 0.477. The number of nitrogens with one attached hydrogen (secondary N) is 3. The predicted octanol–water partition coefficient (Wildman–Crippen LogP) is 0.605. The van der Waals surface area contributed by atoms with Gasteiger partial charge in [-0.1, -0.05) is 6.07 Å². The highest BCUT2D eigenvalue weighted by Crippen LogP contribution is 2.30. The lowest BCUT2D eigenvalue weighted by Gasteiger charge is -2.35. The number of pyridine rings is 1. The van der Waals surface area contributed by atoms with Gasteiger partial charge in [0.05, 0.1) is 19.6 Å². The standard InChI is InChI=1S/C21H31F3N6O3/c1-14-3-4-17(25-11-14)29-6-8-30(9-7-29)18(31)5-10-33-13-15(2)27-16-12-26-28-20(32)19(16)21(22,23)24/h3-4,11,15-16,19,26-27H,5-10,12-13H2,1-2H3,(H,28,32)/t15-,16?,19?/m0/s1. The van der Waals surface area contributed by atoms with Crippen molar-refractivity contribution in [1.29, 1.82) is 0 Å². The molecule has 2 aliphatic heterocycles. The van der Waals surface area contributed by atoms with Crippen LogP contribution in [0.2, 0.25) is 0 Å². The first-order valence-corrected chi connectivity index (χ1v) is 11.0. The van der Waals surface area contributed by atoms with E-state index in [1.54, 1.807) is 11.8 Å². The van der Waals surface area contributed by atoms with Crippen molar-refractivity contribution in [1.82, 2.24) is 26.1 Å². The molecule has 3 atom stereocenters. The van der Waals surface area contributed by atoms with Gasteiger partial charge >= 0.3 is 6.18 Å². The normalized spacial score (nSPS) is 22.8. The Morgan fingerprint density at radius 2 is 2.03 bits per heavy atom. The molecule has 3 heterocycles. The number of carbonyl (C=O) groups excluding carboxylic acids is 2. The molecule has 2 amide bonds. The summed E-state index contributed by atoms with van der Waals surface area (Å²) in [5, 5.41) is 2.81. The van der Waals surface area contributed by atoms with Crippen LogP contribution in [0.3, 0.4) is 0 Å². The summed E-state index contributed by atoms with van der Waals surface area (Å²) in [4.78, 5) is 32.4. The lowest BCUT2D eigenvalue weighted by atomic mass is 9.96. The fraction of sp³-hybridized carbons (Fsp3) is 0.667. The number of ether oxygens (including phenoxy) is 1. The number of nitrogens with zero attached hydrogens (tertiary/aromatic N) is 3. The Morgan fingerprint density at radius 3 is 2.67 bits per heavy atom. The van der Waals surface area contributed by atoms with Crippen LogP contribution in [0.15, 0.2) is 18.3 Å². The number of aromatic nitrogens is 1. The minimum absolute atomic E-state index is 0.0163. The maximum atomic E-state index is 13.2. The Hall–Kier alpha value is -2.44. The summed E-state index contributed by atoms with van der Waals surface area (Å²) in [6.07, 6.45) is -2.62. The fourth-order valence-corrected chi connectivity index (χ4v) is 3.98. The maximum Gasteiger partial charge on any atom is 0.402 e. The van der Waals surface area contributed by atoms with Gasteiger partial charge in [0, 0.05) is 51.0 Å². The van der Waals surface area contributed by atoms with E-state index in [0.717, 1.165) is 11.4 Å². The molecule has 9 nitrogen and oxygen atoms in total. The molecule has 12 heteroatoms. The molecule has 1 aromatic rings. The molecule has 0 spiro atoms. The second-order valence-corrected chi connectivity index (χ2v) is 8.45. The Bertz CT molecular complexity index is 799. The van der Waals surface area contributed by atoms with Crippen LogP contribution >= 0.6 is 0 Å². The average Bonchev–Trinajstić information content (AvgIpc) is 2.76. The lowest BCUT2D eigenvalue weighted by Crippen LogP contribution is -2.64. The summed E-state index contributed by atoms with van der Waals surface area (Å²) in [6, 6.07) is 2.46. The molecule has 0 saturated carbocycles. The molecule has 33 heavy (non-hydrogen) atoms. The number of piperazine rings is 1. The number of hydrogen-bond acceptors (Lipinski definition) is 7. The zero-order valence-electron chi connectivity index (χ0n) is 18.8. The Balaban J connectivity index is 1.34. The number of halogens is 3. The minimum Gasteiger partial charge on any atom is -0.379 e. The first-order valence-electron chi connectivity index (χ1n) is 11.0. The third-order valence-corrected chi connectivity index (χ3v) is 5.75. The first kappa shape index (κ1) is 25.2. The van der Waals surface area contributed by atoms with Crippen LogP contribution in [-0.2, 0) is 14.3 Å². The summed E-state index contributed by atoms with van der Waals surface area (Å²) in [5.74, 6) is -2.35. The molecular formula is C21H31F3N6O3. The molecule has 1 aromatic heterocycles. The molecule has 2 saturated heterocycles. The Kier molecular flexibility index (Phi) is 8.49. The largest absolute Gasteiger partial charge is 0.402 e. The number of hydrogen-bond donors (Lipinski definition) is 3. The SMILES string of the molecule is Cc1ccc(N2CCN(C(=O)CCOC[C@H](C)NC3CNNC(=O)C3C(F)(F)F)CC2)nc1. The number of anilines is 1. The van der Waals surface area contributed by atoms with E-state index in [0.29, 0.717) is 26.2 Å². The molecule has 2 fully saturated rings. The summed E-state index contributed by atoms with van der Waals surface area (Å²) in [7, 11) is 0. The van der Waals surface area contributed by atoms with Crippen LogP contribution < -0.4 is 21.1 Å². The lowest BCUT2D eigenvalue weighted by molar-refractivity contribution is -0.193. The van der Waals surface area contributed by atoms with Crippen molar-refractivity contribution in [3.63, 3.8) is 0 Å². The number of carbonyl (C=O) groups is 2. The highest BCUT2D eigenvalue weighted by atomic mass is 19.4. The zero-order chi connectivity index (χ0) is 24.0. The second kappa shape index (κ2) is 11.1. The van der Waals surface area contributed by atoms with Gasteiger partial charge < -0.3 is 19.9 Å². The topological polar surface area (TPSA) is 98.8 Å². The Morgan fingerprint density at radius 1 is 1.30 bits per heavy atom. The van der Waals surface area contributed by atoms with Crippen molar-refractivity contribution in [2.45, 2.75) is 38.5 Å². The molecular weight excluding hydrogens is 441 g/mol. The van der Waals surface area contributed by atoms with E-state index in [2.05, 4.69) is 20.6 Å². The third-order valence-electron chi connectivity index (χ3n) is 5.75. The molecule has 3 N–H and O–H groups in total. The monoisotopic (exact) mass is 472 g/mol. The smallest absolute Gasteiger partial charge is 0.379 e. The predicted molar refractivity (Wildman–Crippen MR) is 115 cm³/mol. The van der Waals surface area contributed by atoms with Gasteiger partial charge in [0.2, 0.25) is 11.8 Å². The van der Waals surface area contributed by atoms with Crippen LogP contribution in [0.1, 0.15) is 18.9 Å². The van der Waals surface area contributed by atoms with E-state index in [1.165, 1.54) is 0 Å². The summed E-state index contributed by atoms with van der Waals surface area (Å²) < 4.78 is 45.1. The van der Waals surface area contributed by atoms with Gasteiger partial charge in [0.25, 0.3) is 0 Å². The van der Waals surface area contributed by atoms with Crippen molar-refractivity contribution < 1.29 is 27.5 Å². The Labute approximate surface area is 191 Å². The van der Waals surface area contributed by atoms with Crippen LogP contribution in [-0.4, -0.2) is 85.9 Å². The molecule has 0 aliphatic carbocycles. The van der Waals surface area contributed by atoms with E-state index in [-0.39, 0.29) is 32.1 Å². The summed E-state index contributed by atoms with van der Waals surface area (Å²) in [5.41, 5.74) is 5.58. The summed E-state index contributed by atoms with van der Waals surface area (Å²) in [6.45, 7) is 6.52. The molecule has 0 radical (unpaired) electrons. The maximum absolute atomic E-state index is 13.2. The first-order chi connectivity index (χ1) is 15.6. The van der Waals surface area contributed by atoms with Gasteiger partial charge in [0.15, 0.2) is 5.92 Å². The average molecular weight is 473 g/mol. The van der Waals surface area contributed by atoms with E-state index >= 15 is 0 Å². The third kappa shape index (κ3) is 7.02. The number of amides is 2. The molecule has 3 rings (SSSR count). The second-order valence-electron chi connectivity index (χ2n) is 8.45. The van der Waals surface area contributed by atoms with Crippen LogP contribution in [0, 0.1) is 12.8 Å². The van der Waals surface area contributed by atoms with Crippen LogP contribution in [0.5, 0.6) is 0 Å². The van der Waals surface area contributed by atoms with E-state index in [4.69, 9.17) is 4.74 Å². The van der Waals surface area contributed by atoms with Gasteiger partial charge in [-0.15, -0.1) is 0 Å². The van der Waals surface area contributed by atoms with Crippen molar-refractivity contribution in [3.8, 4) is 0 Å². The summed E-state index contributed by atoms with van der Waals surface area (Å²) >= 11 is 0. The van der Waals surface area contributed by atoms with E-state index < -0.39 is 30.1 Å². The van der Waals surface area contributed by atoms with Crippen molar-refractivity contribution >= 4 is 17.6 Å². The van der Waals surface area contributed by atoms with Crippen molar-refractivity contribution in [2.75, 3.05) is 50.8 Å². The van der Waals surface area contributed by atoms with Crippen LogP contribution in [0.25, 0.3) is 0 Å². The zero-order valence-corrected chi connectivity index (χ0v) is 18.8. The van der Waals surface area contributed by atoms with Gasteiger partial charge in [-0.05, 0) is 25.5 Å². The van der Waals surface area contributed by atoms with Gasteiger partial charge in [-0.2, -0.15) is 13.2 Å². The van der Waals surface area contributed by atoms with Crippen molar-refractivity contribution in [2.24, 2.45) is 5.92 Å². The number of rotatable bonds is 8. The van der Waals surface area contributed by atoms with E-state index in [9.17, 15) is 22.8 Å². The van der Waals surface area contributed by atoms with Gasteiger partial charge in [-0.25, -0.2) is 10.4 Å². The van der Waals surface area contributed by atoms with E-state index in [1.807, 2.05) is 30.7 Å². The molecule has 2 aliphatic rings. The minimum atomic E-state index is -4.64. The number of alkyl halides is 3. The molecule has 0 bridgehead atoms. The van der Waals surface area contributed by atoms with Gasteiger partial charge in [0.1, 0.15) is 5.82 Å². The van der Waals surface area contributed by atoms with Gasteiger partial charge in [-0.3, -0.25) is 15.0 Å². The highest BCUT2D eigenvalue weighted by molar-refractivity contribution is 5.80. The number of aryl methyl sites for hydroxylation is 1. The van der Waals surface area contributed by atoms with Crippen LogP contribution in [0.4, 0.5) is 19.0 Å².